The minimum Gasteiger partial charge on any atom is -0.397 e. The van der Waals surface area contributed by atoms with Gasteiger partial charge in [0, 0.05) is 18.7 Å². The van der Waals surface area contributed by atoms with E-state index in [1.807, 2.05) is 11.0 Å². The second-order valence-corrected chi connectivity index (χ2v) is 5.72. The van der Waals surface area contributed by atoms with Crippen LogP contribution in [0.5, 0.6) is 0 Å². The normalized spacial score (nSPS) is 21.6. The number of nitrogens with one attached hydrogen (secondary N) is 1. The van der Waals surface area contributed by atoms with Gasteiger partial charge in [-0.25, -0.2) is 0 Å². The third kappa shape index (κ3) is 2.53. The highest BCUT2D eigenvalue weighted by molar-refractivity contribution is 5.96. The zero-order chi connectivity index (χ0) is 15.0. The number of nitrogen functional groups attached to an aromatic ring is 1. The Bertz CT molecular complexity index is 600. The van der Waals surface area contributed by atoms with E-state index in [1.165, 1.54) is 0 Å². The predicted molar refractivity (Wildman–Crippen MR) is 82.0 cm³/mol. The van der Waals surface area contributed by atoms with E-state index in [4.69, 9.17) is 11.5 Å². The zero-order valence-electron chi connectivity index (χ0n) is 11.9. The van der Waals surface area contributed by atoms with Crippen LogP contribution in [0.1, 0.15) is 31.2 Å². The number of aryl methyl sites for hydroxylation is 1. The van der Waals surface area contributed by atoms with Gasteiger partial charge in [-0.05, 0) is 43.4 Å². The Kier molecular flexibility index (Phi) is 3.45. The number of nitrogens with two attached hydrogens (primary N) is 2. The molecule has 0 aromatic heterocycles. The van der Waals surface area contributed by atoms with Crippen LogP contribution < -0.4 is 21.7 Å². The molecule has 2 aliphatic rings. The fourth-order valence-corrected chi connectivity index (χ4v) is 3.20. The average molecular weight is 288 g/mol. The Morgan fingerprint density at radius 2 is 2.10 bits per heavy atom. The zero-order valence-corrected chi connectivity index (χ0v) is 11.9. The van der Waals surface area contributed by atoms with Gasteiger partial charge in [0.25, 0.3) is 0 Å². The summed E-state index contributed by atoms with van der Waals surface area (Å²) in [6.07, 6.45) is 3.98. The van der Waals surface area contributed by atoms with Crippen molar-refractivity contribution < 1.29 is 9.59 Å². The summed E-state index contributed by atoms with van der Waals surface area (Å²) in [4.78, 5) is 25.1. The van der Waals surface area contributed by atoms with Crippen LogP contribution in [0, 0.1) is 0 Å². The Labute approximate surface area is 123 Å². The molecule has 1 unspecified atom stereocenters. The van der Waals surface area contributed by atoms with Gasteiger partial charge >= 0.3 is 0 Å². The molecule has 0 spiro atoms. The molecule has 3 rings (SSSR count). The molecule has 1 atom stereocenters. The number of benzene rings is 1. The summed E-state index contributed by atoms with van der Waals surface area (Å²) < 4.78 is 0. The molecule has 0 radical (unpaired) electrons. The number of rotatable bonds is 2. The SMILES string of the molecule is NC(=O)C1CCCCN1c1cc2c(cc1N)NC(=O)CC2. The van der Waals surface area contributed by atoms with Crippen molar-refractivity contribution in [2.45, 2.75) is 38.1 Å². The molecule has 2 aliphatic heterocycles. The summed E-state index contributed by atoms with van der Waals surface area (Å²) in [5, 5.41) is 2.84. The van der Waals surface area contributed by atoms with Gasteiger partial charge < -0.3 is 21.7 Å². The number of amides is 2. The number of carbonyl (C=O) groups is 2. The monoisotopic (exact) mass is 288 g/mol. The van der Waals surface area contributed by atoms with E-state index in [-0.39, 0.29) is 17.9 Å². The first-order chi connectivity index (χ1) is 10.1. The summed E-state index contributed by atoms with van der Waals surface area (Å²) in [5.74, 6) is -0.289. The fraction of sp³-hybridized carbons (Fsp3) is 0.467. The van der Waals surface area contributed by atoms with E-state index >= 15 is 0 Å². The average Bonchev–Trinajstić information content (AvgIpc) is 2.46. The van der Waals surface area contributed by atoms with Crippen molar-refractivity contribution in [3.8, 4) is 0 Å². The lowest BCUT2D eigenvalue weighted by molar-refractivity contribution is -0.119. The van der Waals surface area contributed by atoms with Crippen molar-refractivity contribution >= 4 is 28.9 Å². The maximum absolute atomic E-state index is 11.7. The van der Waals surface area contributed by atoms with E-state index in [0.717, 1.165) is 42.7 Å². The quantitative estimate of drug-likeness (QED) is 0.706. The van der Waals surface area contributed by atoms with Crippen LogP contribution >= 0.6 is 0 Å². The molecule has 0 aliphatic carbocycles. The van der Waals surface area contributed by atoms with Crippen LogP contribution in [0.15, 0.2) is 12.1 Å². The molecule has 112 valence electrons. The van der Waals surface area contributed by atoms with E-state index < -0.39 is 0 Å². The Morgan fingerprint density at radius 1 is 1.29 bits per heavy atom. The van der Waals surface area contributed by atoms with Crippen LogP contribution in [0.3, 0.4) is 0 Å². The van der Waals surface area contributed by atoms with Gasteiger partial charge in [0.2, 0.25) is 11.8 Å². The molecule has 1 aromatic rings. The van der Waals surface area contributed by atoms with Crippen LogP contribution in [0.25, 0.3) is 0 Å². The smallest absolute Gasteiger partial charge is 0.240 e. The van der Waals surface area contributed by atoms with Crippen molar-refractivity contribution in [3.05, 3.63) is 17.7 Å². The molecular weight excluding hydrogens is 268 g/mol. The van der Waals surface area contributed by atoms with Crippen molar-refractivity contribution in [2.75, 3.05) is 22.5 Å². The molecule has 2 heterocycles. The highest BCUT2D eigenvalue weighted by Gasteiger charge is 2.29. The molecule has 21 heavy (non-hydrogen) atoms. The largest absolute Gasteiger partial charge is 0.397 e. The van der Waals surface area contributed by atoms with Gasteiger partial charge in [-0.15, -0.1) is 0 Å². The van der Waals surface area contributed by atoms with Gasteiger partial charge in [0.15, 0.2) is 0 Å². The van der Waals surface area contributed by atoms with Crippen molar-refractivity contribution in [1.82, 2.24) is 0 Å². The maximum atomic E-state index is 11.7. The third-order valence-electron chi connectivity index (χ3n) is 4.29. The highest BCUT2D eigenvalue weighted by atomic mass is 16.2. The molecule has 5 N–H and O–H groups in total. The topological polar surface area (TPSA) is 101 Å². The van der Waals surface area contributed by atoms with Gasteiger partial charge in [-0.3, -0.25) is 9.59 Å². The molecule has 1 fully saturated rings. The lowest BCUT2D eigenvalue weighted by atomic mass is 9.97. The molecule has 6 heteroatoms. The van der Waals surface area contributed by atoms with Crippen molar-refractivity contribution in [3.63, 3.8) is 0 Å². The first-order valence-corrected chi connectivity index (χ1v) is 7.34. The van der Waals surface area contributed by atoms with E-state index in [0.29, 0.717) is 18.5 Å². The van der Waals surface area contributed by atoms with E-state index in [9.17, 15) is 9.59 Å². The Balaban J connectivity index is 1.98. The maximum Gasteiger partial charge on any atom is 0.240 e. The number of hydrogen-bond acceptors (Lipinski definition) is 4. The van der Waals surface area contributed by atoms with Crippen LogP contribution in [0.4, 0.5) is 17.1 Å². The summed E-state index contributed by atoms with van der Waals surface area (Å²) in [6, 6.07) is 3.48. The summed E-state index contributed by atoms with van der Waals surface area (Å²) in [6.45, 7) is 0.781. The van der Waals surface area contributed by atoms with E-state index in [1.54, 1.807) is 6.07 Å². The summed E-state index contributed by atoms with van der Waals surface area (Å²) >= 11 is 0. The number of anilines is 3. The summed E-state index contributed by atoms with van der Waals surface area (Å²) in [5.41, 5.74) is 14.9. The molecule has 0 saturated carbocycles. The third-order valence-corrected chi connectivity index (χ3v) is 4.29. The standard InChI is InChI=1S/C15H20N4O2/c16-10-8-11-9(4-5-14(20)18-11)7-13(10)19-6-2-1-3-12(19)15(17)21/h7-8,12H,1-6,16H2,(H2,17,21)(H,18,20). The second kappa shape index (κ2) is 5.27. The molecular formula is C15H20N4O2. The van der Waals surface area contributed by atoms with Gasteiger partial charge in [0.1, 0.15) is 6.04 Å². The Morgan fingerprint density at radius 3 is 2.86 bits per heavy atom. The Hall–Kier alpha value is -2.24. The van der Waals surface area contributed by atoms with Crippen molar-refractivity contribution in [2.24, 2.45) is 5.73 Å². The first kappa shape index (κ1) is 13.7. The highest BCUT2D eigenvalue weighted by Crippen LogP contribution is 2.36. The summed E-state index contributed by atoms with van der Waals surface area (Å²) in [7, 11) is 0. The molecule has 1 saturated heterocycles. The first-order valence-electron chi connectivity index (χ1n) is 7.34. The molecule has 1 aromatic carbocycles. The predicted octanol–water partition coefficient (Wildman–Crippen LogP) is 0.998. The second-order valence-electron chi connectivity index (χ2n) is 5.72. The van der Waals surface area contributed by atoms with Crippen LogP contribution in [0.2, 0.25) is 0 Å². The number of fused-ring (bicyclic) bond motifs is 1. The van der Waals surface area contributed by atoms with Crippen molar-refractivity contribution in [1.29, 1.82) is 0 Å². The number of hydrogen-bond donors (Lipinski definition) is 3. The van der Waals surface area contributed by atoms with Crippen LogP contribution in [-0.2, 0) is 16.0 Å². The molecule has 6 nitrogen and oxygen atoms in total. The number of piperidine rings is 1. The number of primary amides is 1. The van der Waals surface area contributed by atoms with E-state index in [2.05, 4.69) is 5.32 Å². The lowest BCUT2D eigenvalue weighted by Gasteiger charge is -2.37. The van der Waals surface area contributed by atoms with Gasteiger partial charge in [0.05, 0.1) is 11.4 Å². The minimum atomic E-state index is -0.305. The molecule has 0 bridgehead atoms. The van der Waals surface area contributed by atoms with Gasteiger partial charge in [-0.2, -0.15) is 0 Å². The molecule has 2 amide bonds. The van der Waals surface area contributed by atoms with Crippen LogP contribution in [-0.4, -0.2) is 24.4 Å². The fourth-order valence-electron chi connectivity index (χ4n) is 3.20. The number of nitrogens with zero attached hydrogens (tertiary/aromatic N) is 1. The lowest BCUT2D eigenvalue weighted by Crippen LogP contribution is -2.48. The van der Waals surface area contributed by atoms with Gasteiger partial charge in [-0.1, -0.05) is 0 Å². The number of carbonyl (C=O) groups excluding carboxylic acids is 2. The minimum absolute atomic E-state index is 0.0163.